The van der Waals surface area contributed by atoms with Crippen LogP contribution in [0.3, 0.4) is 0 Å². The summed E-state index contributed by atoms with van der Waals surface area (Å²) in [5.74, 6) is 6.01. The zero-order chi connectivity index (χ0) is 12.6. The number of amidine groups is 1. The zero-order valence-corrected chi connectivity index (χ0v) is 10.3. The van der Waals surface area contributed by atoms with Crippen molar-refractivity contribution in [3.63, 3.8) is 0 Å². The monoisotopic (exact) mass is 243 g/mol. The molecule has 0 spiro atoms. The van der Waals surface area contributed by atoms with Crippen LogP contribution in [0.4, 0.5) is 0 Å². The number of hydrogen-bond donors (Lipinski definition) is 3. The molecule has 0 saturated carbocycles. The largest absolute Gasteiger partial charge is 0.386 e. The summed E-state index contributed by atoms with van der Waals surface area (Å²) in [4.78, 5) is 0. The highest BCUT2D eigenvalue weighted by molar-refractivity contribution is 6.30. The molecule has 0 bridgehead atoms. The highest BCUT2D eigenvalue weighted by Crippen LogP contribution is 2.10. The molecule has 6 heteroatoms. The maximum Gasteiger partial charge on any atom is 0.118 e. The second-order valence-electron chi connectivity index (χ2n) is 2.97. The quantitative estimate of drug-likeness (QED) is 0.318. The van der Waals surface area contributed by atoms with Crippen LogP contribution in [0.2, 0.25) is 5.02 Å². The molecule has 6 N–H and O–H groups in total. The van der Waals surface area contributed by atoms with Gasteiger partial charge < -0.3 is 11.5 Å². The number of hydrogen-bond acceptors (Lipinski definition) is 4. The Labute approximate surface area is 101 Å². The van der Waals surface area contributed by atoms with Crippen LogP contribution < -0.4 is 17.3 Å². The van der Waals surface area contributed by atoms with Crippen molar-refractivity contribution in [2.24, 2.45) is 22.4 Å². The normalized spacial score (nSPS) is 10.4. The molecule has 0 atom stereocenters. The molecule has 90 valence electrons. The van der Waals surface area contributed by atoms with Crippen molar-refractivity contribution in [2.75, 3.05) is 7.05 Å². The fourth-order valence-corrected chi connectivity index (χ4v) is 1.14. The van der Waals surface area contributed by atoms with Gasteiger partial charge in [0, 0.05) is 5.02 Å². The SMILES string of the molecule is C/C(N)=N/N(N)Cc1ccc(Cl)cc1.CN. The van der Waals surface area contributed by atoms with E-state index in [4.69, 9.17) is 23.2 Å². The van der Waals surface area contributed by atoms with Crippen molar-refractivity contribution in [3.8, 4) is 0 Å². The van der Waals surface area contributed by atoms with E-state index in [-0.39, 0.29) is 0 Å². The summed E-state index contributed by atoms with van der Waals surface area (Å²) < 4.78 is 0. The van der Waals surface area contributed by atoms with E-state index in [0.29, 0.717) is 17.4 Å². The Bertz CT molecular complexity index is 318. The molecule has 0 amide bonds. The van der Waals surface area contributed by atoms with E-state index in [2.05, 4.69) is 10.8 Å². The molecule has 0 fully saturated rings. The first kappa shape index (κ1) is 14.7. The van der Waals surface area contributed by atoms with Crippen LogP contribution in [-0.2, 0) is 6.54 Å². The summed E-state index contributed by atoms with van der Waals surface area (Å²) in [5.41, 5.74) is 10.9. The smallest absolute Gasteiger partial charge is 0.118 e. The predicted octanol–water partition coefficient (Wildman–Crippen LogP) is 0.883. The lowest BCUT2D eigenvalue weighted by Crippen LogP contribution is -2.27. The topological polar surface area (TPSA) is 93.7 Å². The van der Waals surface area contributed by atoms with Crippen LogP contribution in [0.25, 0.3) is 0 Å². The molecule has 0 aromatic heterocycles. The molecule has 0 aliphatic rings. The number of hydrazone groups is 1. The Hall–Kier alpha value is -1.30. The van der Waals surface area contributed by atoms with Crippen molar-refractivity contribution in [3.05, 3.63) is 34.9 Å². The van der Waals surface area contributed by atoms with E-state index in [9.17, 15) is 0 Å². The standard InChI is InChI=1S/C9H13ClN4.CH5N/c1-7(11)13-14(12)6-8-2-4-9(10)5-3-8;1-2/h2-5H,6,12H2,1H3,(H2,11,13);2H2,1H3. The van der Waals surface area contributed by atoms with Crippen molar-refractivity contribution in [1.29, 1.82) is 0 Å². The van der Waals surface area contributed by atoms with E-state index in [1.54, 1.807) is 6.92 Å². The Morgan fingerprint density at radius 3 is 2.25 bits per heavy atom. The summed E-state index contributed by atoms with van der Waals surface area (Å²) in [6.07, 6.45) is 0. The van der Waals surface area contributed by atoms with Gasteiger partial charge in [-0.3, -0.25) is 0 Å². The van der Waals surface area contributed by atoms with Gasteiger partial charge in [-0.1, -0.05) is 23.7 Å². The molecule has 0 unspecified atom stereocenters. The summed E-state index contributed by atoms with van der Waals surface area (Å²) in [6, 6.07) is 7.40. The van der Waals surface area contributed by atoms with Crippen molar-refractivity contribution in [2.45, 2.75) is 13.5 Å². The van der Waals surface area contributed by atoms with Crippen LogP contribution >= 0.6 is 11.6 Å². The number of nitrogens with zero attached hydrogens (tertiary/aromatic N) is 2. The third kappa shape index (κ3) is 6.23. The van der Waals surface area contributed by atoms with Gasteiger partial charge in [0.25, 0.3) is 0 Å². The van der Waals surface area contributed by atoms with Gasteiger partial charge in [0.05, 0.1) is 6.54 Å². The molecule has 0 aliphatic heterocycles. The Morgan fingerprint density at radius 2 is 1.81 bits per heavy atom. The lowest BCUT2D eigenvalue weighted by atomic mass is 10.2. The third-order valence-corrected chi connectivity index (χ3v) is 1.80. The first-order valence-electron chi connectivity index (χ1n) is 4.73. The van der Waals surface area contributed by atoms with Crippen molar-refractivity contribution < 1.29 is 0 Å². The van der Waals surface area contributed by atoms with Gasteiger partial charge in [0.1, 0.15) is 5.84 Å². The Balaban J connectivity index is 0.00000106. The maximum absolute atomic E-state index is 5.74. The summed E-state index contributed by atoms with van der Waals surface area (Å²) >= 11 is 5.74. The summed E-state index contributed by atoms with van der Waals surface area (Å²) in [7, 11) is 1.50. The van der Waals surface area contributed by atoms with Gasteiger partial charge >= 0.3 is 0 Å². The molecule has 0 radical (unpaired) electrons. The summed E-state index contributed by atoms with van der Waals surface area (Å²) in [5, 5.41) is 5.86. The molecule has 0 saturated heterocycles. The second-order valence-corrected chi connectivity index (χ2v) is 3.40. The molecule has 0 heterocycles. The summed E-state index contributed by atoms with van der Waals surface area (Å²) in [6.45, 7) is 2.19. The van der Waals surface area contributed by atoms with Crippen molar-refractivity contribution in [1.82, 2.24) is 5.12 Å². The number of nitrogens with two attached hydrogens (primary N) is 3. The number of hydrazine groups is 1. The van der Waals surface area contributed by atoms with Crippen molar-refractivity contribution >= 4 is 17.4 Å². The molecular formula is C10H18ClN5. The molecule has 16 heavy (non-hydrogen) atoms. The van der Waals surface area contributed by atoms with E-state index >= 15 is 0 Å². The fourth-order valence-electron chi connectivity index (χ4n) is 1.01. The molecule has 5 nitrogen and oxygen atoms in total. The third-order valence-electron chi connectivity index (χ3n) is 1.54. The number of benzene rings is 1. The molecule has 1 aromatic carbocycles. The number of halogens is 1. The van der Waals surface area contributed by atoms with Crippen LogP contribution in [0.1, 0.15) is 12.5 Å². The molecular weight excluding hydrogens is 226 g/mol. The average molecular weight is 244 g/mol. The first-order chi connectivity index (χ1) is 7.58. The highest BCUT2D eigenvalue weighted by atomic mass is 35.5. The molecule has 1 rings (SSSR count). The van der Waals surface area contributed by atoms with E-state index in [1.165, 1.54) is 12.2 Å². The van der Waals surface area contributed by atoms with E-state index in [0.717, 1.165) is 5.56 Å². The Kier molecular flexibility index (Phi) is 7.28. The van der Waals surface area contributed by atoms with Crippen LogP contribution in [0, 0.1) is 0 Å². The molecule has 1 aromatic rings. The van der Waals surface area contributed by atoms with Crippen LogP contribution in [0.15, 0.2) is 29.4 Å². The van der Waals surface area contributed by atoms with Gasteiger partial charge in [0.15, 0.2) is 0 Å². The lowest BCUT2D eigenvalue weighted by Gasteiger charge is -2.12. The van der Waals surface area contributed by atoms with Gasteiger partial charge in [-0.15, -0.1) is 5.10 Å². The van der Waals surface area contributed by atoms with Gasteiger partial charge in [-0.2, -0.15) is 0 Å². The van der Waals surface area contributed by atoms with E-state index in [1.807, 2.05) is 24.3 Å². The number of rotatable bonds is 3. The predicted molar refractivity (Wildman–Crippen MR) is 68.6 cm³/mol. The second kappa shape index (κ2) is 7.92. The minimum Gasteiger partial charge on any atom is -0.386 e. The Morgan fingerprint density at radius 1 is 1.31 bits per heavy atom. The lowest BCUT2D eigenvalue weighted by molar-refractivity contribution is 0.290. The highest BCUT2D eigenvalue weighted by Gasteiger charge is 1.97. The van der Waals surface area contributed by atoms with Gasteiger partial charge in [-0.25, -0.2) is 11.0 Å². The fraction of sp³-hybridized carbons (Fsp3) is 0.300. The first-order valence-corrected chi connectivity index (χ1v) is 5.11. The van der Waals surface area contributed by atoms with E-state index < -0.39 is 0 Å². The minimum absolute atomic E-state index is 0.432. The minimum atomic E-state index is 0.432. The molecule has 0 aliphatic carbocycles. The van der Waals surface area contributed by atoms with Crippen LogP contribution in [-0.4, -0.2) is 18.0 Å². The van der Waals surface area contributed by atoms with Gasteiger partial charge in [-0.05, 0) is 31.7 Å². The van der Waals surface area contributed by atoms with Gasteiger partial charge in [0.2, 0.25) is 0 Å². The maximum atomic E-state index is 5.74. The van der Waals surface area contributed by atoms with Crippen LogP contribution in [0.5, 0.6) is 0 Å². The zero-order valence-electron chi connectivity index (χ0n) is 9.52. The average Bonchev–Trinajstić information content (AvgIpc) is 2.23.